The molecule has 0 radical (unpaired) electrons. The fraction of sp³-hybridized carbons (Fsp3) is 0.222. The van der Waals surface area contributed by atoms with Gasteiger partial charge in [0.25, 0.3) is 0 Å². The van der Waals surface area contributed by atoms with Crippen molar-refractivity contribution < 1.29 is 9.59 Å². The van der Waals surface area contributed by atoms with Crippen molar-refractivity contribution in [2.45, 2.75) is 26.1 Å². The lowest BCUT2D eigenvalue weighted by Gasteiger charge is -2.18. The molecular weight excluding hydrogens is 326 g/mol. The lowest BCUT2D eigenvalue weighted by Crippen LogP contribution is -2.39. The second kappa shape index (κ2) is 9.70. The third-order valence-electron chi connectivity index (χ3n) is 3.44. The summed E-state index contributed by atoms with van der Waals surface area (Å²) in [5.74, 6) is -0.497. The highest BCUT2D eigenvalue weighted by atomic mass is 35.5. The summed E-state index contributed by atoms with van der Waals surface area (Å²) in [5.41, 5.74) is 8.35. The van der Waals surface area contributed by atoms with Gasteiger partial charge >= 0.3 is 0 Å². The van der Waals surface area contributed by atoms with E-state index in [4.69, 9.17) is 5.73 Å². The summed E-state index contributed by atoms with van der Waals surface area (Å²) in [7, 11) is 0. The zero-order valence-corrected chi connectivity index (χ0v) is 14.3. The third kappa shape index (κ3) is 5.68. The van der Waals surface area contributed by atoms with Gasteiger partial charge in [-0.3, -0.25) is 9.59 Å². The van der Waals surface area contributed by atoms with Gasteiger partial charge in [-0.25, -0.2) is 0 Å². The Morgan fingerprint density at radius 3 is 2.33 bits per heavy atom. The van der Waals surface area contributed by atoms with E-state index in [1.165, 1.54) is 6.92 Å². The SMILES string of the molecule is CC(=O)N[C@H](C(=O)NCc1cccc(CN)c1)c1ccccc1.Cl. The van der Waals surface area contributed by atoms with Crippen LogP contribution in [0, 0.1) is 0 Å². The summed E-state index contributed by atoms with van der Waals surface area (Å²) in [6.07, 6.45) is 0. The molecule has 0 saturated carbocycles. The van der Waals surface area contributed by atoms with E-state index in [-0.39, 0.29) is 24.2 Å². The van der Waals surface area contributed by atoms with Gasteiger partial charge in [0.05, 0.1) is 0 Å². The number of rotatable bonds is 6. The van der Waals surface area contributed by atoms with E-state index in [9.17, 15) is 9.59 Å². The molecule has 0 spiro atoms. The number of halogens is 1. The molecule has 5 nitrogen and oxygen atoms in total. The van der Waals surface area contributed by atoms with E-state index in [1.54, 1.807) is 0 Å². The predicted octanol–water partition coefficient (Wildman–Crippen LogP) is 2.06. The van der Waals surface area contributed by atoms with Crippen molar-refractivity contribution >= 4 is 24.2 Å². The lowest BCUT2D eigenvalue weighted by molar-refractivity contribution is -0.128. The van der Waals surface area contributed by atoms with Crippen LogP contribution in [0.5, 0.6) is 0 Å². The summed E-state index contributed by atoms with van der Waals surface area (Å²) in [6.45, 7) is 2.24. The first-order chi connectivity index (χ1) is 11.1. The van der Waals surface area contributed by atoms with Crippen LogP contribution in [0.25, 0.3) is 0 Å². The number of benzene rings is 2. The minimum Gasteiger partial charge on any atom is -0.350 e. The van der Waals surface area contributed by atoms with Gasteiger partial charge < -0.3 is 16.4 Å². The highest BCUT2D eigenvalue weighted by Crippen LogP contribution is 2.13. The van der Waals surface area contributed by atoms with E-state index >= 15 is 0 Å². The highest BCUT2D eigenvalue weighted by molar-refractivity contribution is 5.87. The second-order valence-corrected chi connectivity index (χ2v) is 5.29. The molecule has 0 aliphatic carbocycles. The first kappa shape index (κ1) is 19.7. The van der Waals surface area contributed by atoms with Gasteiger partial charge in [0, 0.05) is 20.0 Å². The van der Waals surface area contributed by atoms with Gasteiger partial charge in [0.15, 0.2) is 0 Å². The van der Waals surface area contributed by atoms with Crippen LogP contribution in [0.4, 0.5) is 0 Å². The Bertz CT molecular complexity index is 677. The average molecular weight is 348 g/mol. The molecule has 0 saturated heterocycles. The van der Waals surface area contributed by atoms with Crippen LogP contribution >= 0.6 is 12.4 Å². The summed E-state index contributed by atoms with van der Waals surface area (Å²) < 4.78 is 0. The van der Waals surface area contributed by atoms with Crippen molar-refractivity contribution in [3.63, 3.8) is 0 Å². The second-order valence-electron chi connectivity index (χ2n) is 5.29. The zero-order chi connectivity index (χ0) is 16.7. The molecule has 0 unspecified atom stereocenters. The number of hydrogen-bond donors (Lipinski definition) is 3. The quantitative estimate of drug-likeness (QED) is 0.747. The highest BCUT2D eigenvalue weighted by Gasteiger charge is 2.20. The monoisotopic (exact) mass is 347 g/mol. The van der Waals surface area contributed by atoms with E-state index < -0.39 is 6.04 Å². The van der Waals surface area contributed by atoms with Crippen LogP contribution in [0.1, 0.15) is 29.7 Å². The smallest absolute Gasteiger partial charge is 0.247 e. The molecule has 0 heterocycles. The molecule has 2 aromatic rings. The van der Waals surface area contributed by atoms with E-state index in [0.29, 0.717) is 13.1 Å². The topological polar surface area (TPSA) is 84.2 Å². The third-order valence-corrected chi connectivity index (χ3v) is 3.44. The van der Waals surface area contributed by atoms with Crippen LogP contribution in [0.2, 0.25) is 0 Å². The van der Waals surface area contributed by atoms with E-state index in [2.05, 4.69) is 10.6 Å². The molecule has 0 fully saturated rings. The average Bonchev–Trinajstić information content (AvgIpc) is 2.58. The number of carbonyl (C=O) groups excluding carboxylic acids is 2. The van der Waals surface area contributed by atoms with Crippen molar-refractivity contribution in [2.24, 2.45) is 5.73 Å². The van der Waals surface area contributed by atoms with Crippen LogP contribution in [-0.4, -0.2) is 11.8 Å². The molecule has 6 heteroatoms. The van der Waals surface area contributed by atoms with Crippen LogP contribution < -0.4 is 16.4 Å². The summed E-state index contributed by atoms with van der Waals surface area (Å²) in [6, 6.07) is 16.2. The van der Waals surface area contributed by atoms with Crippen LogP contribution in [0.15, 0.2) is 54.6 Å². The molecule has 24 heavy (non-hydrogen) atoms. The van der Waals surface area contributed by atoms with Crippen molar-refractivity contribution in [3.05, 3.63) is 71.3 Å². The van der Waals surface area contributed by atoms with Crippen molar-refractivity contribution in [2.75, 3.05) is 0 Å². The van der Waals surface area contributed by atoms with E-state index in [1.807, 2.05) is 54.6 Å². The summed E-state index contributed by atoms with van der Waals surface area (Å²) >= 11 is 0. The largest absolute Gasteiger partial charge is 0.350 e. The first-order valence-corrected chi connectivity index (χ1v) is 7.48. The van der Waals surface area contributed by atoms with Gasteiger partial charge in [-0.2, -0.15) is 0 Å². The fourth-order valence-corrected chi connectivity index (χ4v) is 2.31. The number of hydrogen-bond acceptors (Lipinski definition) is 3. The van der Waals surface area contributed by atoms with Crippen LogP contribution in [0.3, 0.4) is 0 Å². The Labute approximate surface area is 148 Å². The Morgan fingerprint density at radius 2 is 1.71 bits per heavy atom. The maximum absolute atomic E-state index is 12.5. The van der Waals surface area contributed by atoms with E-state index in [0.717, 1.165) is 16.7 Å². The summed E-state index contributed by atoms with van der Waals surface area (Å²) in [5, 5.41) is 5.54. The minimum absolute atomic E-state index is 0. The molecule has 2 rings (SSSR count). The van der Waals surface area contributed by atoms with Gasteiger partial charge in [-0.15, -0.1) is 12.4 Å². The Kier molecular flexibility index (Phi) is 7.95. The van der Waals surface area contributed by atoms with Crippen LogP contribution in [-0.2, 0) is 22.7 Å². The normalized spacial score (nSPS) is 11.1. The molecule has 1 atom stereocenters. The zero-order valence-electron chi connectivity index (χ0n) is 13.5. The molecule has 2 aromatic carbocycles. The predicted molar refractivity (Wildman–Crippen MR) is 96.4 cm³/mol. The number of nitrogens with one attached hydrogen (secondary N) is 2. The standard InChI is InChI=1S/C18H21N3O2.ClH/c1-13(22)21-17(16-8-3-2-4-9-16)18(23)20-12-15-7-5-6-14(10-15)11-19;/h2-10,17H,11-12,19H2,1H3,(H,20,23)(H,21,22);1H/t17-;/m0./s1. The van der Waals surface area contributed by atoms with Gasteiger partial charge in [-0.1, -0.05) is 54.6 Å². The summed E-state index contributed by atoms with van der Waals surface area (Å²) in [4.78, 5) is 23.8. The minimum atomic E-state index is -0.702. The van der Waals surface area contributed by atoms with Crippen molar-refractivity contribution in [1.82, 2.24) is 10.6 Å². The molecule has 4 N–H and O–H groups in total. The molecule has 0 bridgehead atoms. The first-order valence-electron chi connectivity index (χ1n) is 7.48. The van der Waals surface area contributed by atoms with Crippen molar-refractivity contribution in [3.8, 4) is 0 Å². The van der Waals surface area contributed by atoms with Gasteiger partial charge in [0.2, 0.25) is 11.8 Å². The number of carbonyl (C=O) groups is 2. The Balaban J connectivity index is 0.00000288. The van der Waals surface area contributed by atoms with Crippen molar-refractivity contribution in [1.29, 1.82) is 0 Å². The maximum atomic E-state index is 12.5. The lowest BCUT2D eigenvalue weighted by atomic mass is 10.1. The molecule has 0 aromatic heterocycles. The molecular formula is C18H22ClN3O2. The number of amides is 2. The maximum Gasteiger partial charge on any atom is 0.247 e. The fourth-order valence-electron chi connectivity index (χ4n) is 2.31. The number of nitrogens with two attached hydrogens (primary N) is 1. The molecule has 0 aliphatic heterocycles. The Hall–Kier alpha value is -2.37. The van der Waals surface area contributed by atoms with Gasteiger partial charge in [-0.05, 0) is 16.7 Å². The molecule has 128 valence electrons. The molecule has 0 aliphatic rings. The van der Waals surface area contributed by atoms with Gasteiger partial charge in [0.1, 0.15) is 6.04 Å². The Morgan fingerprint density at radius 1 is 1.04 bits per heavy atom. The molecule has 2 amide bonds.